The molecule has 0 fully saturated rings. The first kappa shape index (κ1) is 20.8. The first-order valence-electron chi connectivity index (χ1n) is 9.08. The van der Waals surface area contributed by atoms with E-state index in [-0.39, 0.29) is 19.2 Å². The summed E-state index contributed by atoms with van der Waals surface area (Å²) in [4.78, 5) is 12.7. The van der Waals surface area contributed by atoms with Gasteiger partial charge in [-0.15, -0.1) is 0 Å². The van der Waals surface area contributed by atoms with Crippen LogP contribution in [0.2, 0.25) is 0 Å². The van der Waals surface area contributed by atoms with Crippen LogP contribution in [0.3, 0.4) is 0 Å². The van der Waals surface area contributed by atoms with Gasteiger partial charge < -0.3 is 19.5 Å². The molecule has 2 aromatic carbocycles. The molecule has 0 spiro atoms. The Morgan fingerprint density at radius 3 is 2.52 bits per heavy atom. The standard InChI is InChI=1S/C20H24N2O6S/c1-14(13-27-16-10-8-15(26-2)9-11-16)21-20(23)19-12-22(29(3,24)25)17-6-4-5-7-18(17)28-19/h4-11,14,19H,12-13H2,1-3H3,(H,21,23). The van der Waals surface area contributed by atoms with Gasteiger partial charge in [0.05, 0.1) is 31.6 Å². The topological polar surface area (TPSA) is 94.2 Å². The fourth-order valence-corrected chi connectivity index (χ4v) is 3.84. The van der Waals surface area contributed by atoms with E-state index in [0.717, 1.165) is 12.0 Å². The average Bonchev–Trinajstić information content (AvgIpc) is 2.71. The average molecular weight is 420 g/mol. The molecule has 2 aromatic rings. The molecule has 1 amide bonds. The number of methoxy groups -OCH3 is 1. The molecule has 2 unspecified atom stereocenters. The number of hydrogen-bond acceptors (Lipinski definition) is 6. The summed E-state index contributed by atoms with van der Waals surface area (Å²) in [5, 5.41) is 2.81. The van der Waals surface area contributed by atoms with E-state index in [2.05, 4.69) is 5.32 Å². The van der Waals surface area contributed by atoms with Gasteiger partial charge in [0.1, 0.15) is 23.9 Å². The minimum Gasteiger partial charge on any atom is -0.497 e. The van der Waals surface area contributed by atoms with E-state index >= 15 is 0 Å². The van der Waals surface area contributed by atoms with Gasteiger partial charge in [-0.25, -0.2) is 8.42 Å². The largest absolute Gasteiger partial charge is 0.497 e. The summed E-state index contributed by atoms with van der Waals surface area (Å²) in [5.41, 5.74) is 0.426. The van der Waals surface area contributed by atoms with Crippen molar-refractivity contribution in [2.24, 2.45) is 0 Å². The lowest BCUT2D eigenvalue weighted by Crippen LogP contribution is -2.52. The first-order chi connectivity index (χ1) is 13.8. The normalized spacial score (nSPS) is 16.9. The molecule has 3 rings (SSSR count). The second-order valence-corrected chi connectivity index (χ2v) is 8.67. The number of ether oxygens (including phenoxy) is 3. The molecule has 0 saturated heterocycles. The molecule has 1 aliphatic heterocycles. The Morgan fingerprint density at radius 1 is 1.21 bits per heavy atom. The number of hydrogen-bond donors (Lipinski definition) is 1. The Kier molecular flexibility index (Phi) is 6.17. The van der Waals surface area contributed by atoms with Gasteiger partial charge in [0, 0.05) is 0 Å². The first-order valence-corrected chi connectivity index (χ1v) is 10.9. The van der Waals surface area contributed by atoms with Crippen LogP contribution in [-0.4, -0.2) is 53.0 Å². The van der Waals surface area contributed by atoms with Crippen molar-refractivity contribution in [3.05, 3.63) is 48.5 Å². The maximum Gasteiger partial charge on any atom is 0.263 e. The Hall–Kier alpha value is -2.94. The summed E-state index contributed by atoms with van der Waals surface area (Å²) in [5.74, 6) is 1.33. The Morgan fingerprint density at radius 2 is 1.86 bits per heavy atom. The number of amides is 1. The lowest BCUT2D eigenvalue weighted by Gasteiger charge is -2.34. The van der Waals surface area contributed by atoms with Gasteiger partial charge in [0.25, 0.3) is 5.91 Å². The van der Waals surface area contributed by atoms with Gasteiger partial charge >= 0.3 is 0 Å². The van der Waals surface area contributed by atoms with Crippen molar-refractivity contribution in [1.82, 2.24) is 5.32 Å². The van der Waals surface area contributed by atoms with Crippen molar-refractivity contribution in [3.63, 3.8) is 0 Å². The maximum absolute atomic E-state index is 12.7. The Balaban J connectivity index is 1.61. The van der Waals surface area contributed by atoms with Crippen molar-refractivity contribution in [2.75, 3.05) is 30.8 Å². The van der Waals surface area contributed by atoms with Crippen molar-refractivity contribution < 1.29 is 27.4 Å². The summed E-state index contributed by atoms with van der Waals surface area (Å²) >= 11 is 0. The number of carbonyl (C=O) groups is 1. The molecule has 29 heavy (non-hydrogen) atoms. The minimum atomic E-state index is -3.55. The highest BCUT2D eigenvalue weighted by molar-refractivity contribution is 7.92. The smallest absolute Gasteiger partial charge is 0.263 e. The highest BCUT2D eigenvalue weighted by Crippen LogP contribution is 2.34. The highest BCUT2D eigenvalue weighted by atomic mass is 32.2. The van der Waals surface area contributed by atoms with Crippen LogP contribution in [-0.2, 0) is 14.8 Å². The zero-order chi connectivity index (χ0) is 21.0. The monoisotopic (exact) mass is 420 g/mol. The molecule has 1 aliphatic rings. The number of fused-ring (bicyclic) bond motifs is 1. The molecular weight excluding hydrogens is 396 g/mol. The van der Waals surface area contributed by atoms with Gasteiger partial charge in [0.15, 0.2) is 6.10 Å². The summed E-state index contributed by atoms with van der Waals surface area (Å²) in [6.07, 6.45) is 0.151. The zero-order valence-electron chi connectivity index (χ0n) is 16.5. The van der Waals surface area contributed by atoms with Crippen LogP contribution in [0.25, 0.3) is 0 Å². The van der Waals surface area contributed by atoms with Crippen molar-refractivity contribution >= 4 is 21.6 Å². The predicted molar refractivity (Wildman–Crippen MR) is 109 cm³/mol. The Bertz CT molecular complexity index is 961. The number of anilines is 1. The predicted octanol–water partition coefficient (Wildman–Crippen LogP) is 1.81. The van der Waals surface area contributed by atoms with Crippen LogP contribution in [0.5, 0.6) is 17.2 Å². The van der Waals surface area contributed by atoms with Crippen LogP contribution in [0.1, 0.15) is 6.92 Å². The number of benzene rings is 2. The third kappa shape index (κ3) is 5.11. The number of sulfonamides is 1. The fraction of sp³-hybridized carbons (Fsp3) is 0.350. The highest BCUT2D eigenvalue weighted by Gasteiger charge is 2.35. The number of carbonyl (C=O) groups excluding carboxylic acids is 1. The van der Waals surface area contributed by atoms with E-state index < -0.39 is 22.0 Å². The summed E-state index contributed by atoms with van der Waals surface area (Å²) in [7, 11) is -1.96. The molecule has 8 nitrogen and oxygen atoms in total. The molecule has 0 bridgehead atoms. The molecular formula is C20H24N2O6S. The fourth-order valence-electron chi connectivity index (χ4n) is 2.92. The number of nitrogens with one attached hydrogen (secondary N) is 1. The van der Waals surface area contributed by atoms with Crippen LogP contribution < -0.4 is 23.8 Å². The third-order valence-electron chi connectivity index (χ3n) is 4.38. The van der Waals surface area contributed by atoms with E-state index in [0.29, 0.717) is 17.2 Å². The summed E-state index contributed by atoms with van der Waals surface area (Å²) in [6, 6.07) is 13.6. The van der Waals surface area contributed by atoms with E-state index in [1.54, 1.807) is 62.6 Å². The van der Waals surface area contributed by atoms with Gasteiger partial charge in [-0.05, 0) is 43.3 Å². The SMILES string of the molecule is COc1ccc(OCC(C)NC(=O)C2CN(S(C)(=O)=O)c3ccccc3O2)cc1. The molecule has 9 heteroatoms. The zero-order valence-corrected chi connectivity index (χ0v) is 17.3. The van der Waals surface area contributed by atoms with Gasteiger partial charge in [0.2, 0.25) is 10.0 Å². The lowest BCUT2D eigenvalue weighted by atomic mass is 10.2. The molecule has 0 saturated carbocycles. The second kappa shape index (κ2) is 8.60. The number of nitrogens with zero attached hydrogens (tertiary/aromatic N) is 1. The van der Waals surface area contributed by atoms with E-state index in [4.69, 9.17) is 14.2 Å². The van der Waals surface area contributed by atoms with Gasteiger partial charge in [-0.3, -0.25) is 9.10 Å². The van der Waals surface area contributed by atoms with Crippen molar-refractivity contribution in [1.29, 1.82) is 0 Å². The van der Waals surface area contributed by atoms with E-state index in [1.165, 1.54) is 4.31 Å². The summed E-state index contributed by atoms with van der Waals surface area (Å²) < 4.78 is 42.0. The summed E-state index contributed by atoms with van der Waals surface area (Å²) in [6.45, 7) is 1.96. The van der Waals surface area contributed by atoms with E-state index in [9.17, 15) is 13.2 Å². The molecule has 0 aliphatic carbocycles. The van der Waals surface area contributed by atoms with Crippen molar-refractivity contribution in [3.8, 4) is 17.2 Å². The van der Waals surface area contributed by atoms with Crippen LogP contribution in [0, 0.1) is 0 Å². The molecule has 1 N–H and O–H groups in total. The maximum atomic E-state index is 12.7. The van der Waals surface area contributed by atoms with Crippen LogP contribution >= 0.6 is 0 Å². The number of rotatable bonds is 7. The van der Waals surface area contributed by atoms with Crippen molar-refractivity contribution in [2.45, 2.75) is 19.1 Å². The molecule has 0 radical (unpaired) electrons. The molecule has 2 atom stereocenters. The quantitative estimate of drug-likeness (QED) is 0.734. The Labute approximate surface area is 170 Å². The van der Waals surface area contributed by atoms with Crippen LogP contribution in [0.4, 0.5) is 5.69 Å². The number of para-hydroxylation sites is 2. The third-order valence-corrected chi connectivity index (χ3v) is 5.52. The molecule has 0 aromatic heterocycles. The second-order valence-electron chi connectivity index (χ2n) is 6.76. The van der Waals surface area contributed by atoms with Gasteiger partial charge in [-0.1, -0.05) is 12.1 Å². The lowest BCUT2D eigenvalue weighted by molar-refractivity contribution is -0.128. The van der Waals surface area contributed by atoms with Gasteiger partial charge in [-0.2, -0.15) is 0 Å². The van der Waals surface area contributed by atoms with E-state index in [1.807, 2.05) is 0 Å². The minimum absolute atomic E-state index is 0.0895. The molecule has 156 valence electrons. The molecule has 1 heterocycles. The van der Waals surface area contributed by atoms with Crippen LogP contribution in [0.15, 0.2) is 48.5 Å².